The molecule has 0 aliphatic carbocycles. The maximum Gasteiger partial charge on any atom is 0.410 e. The summed E-state index contributed by atoms with van der Waals surface area (Å²) in [5.74, 6) is -0.596. The second kappa shape index (κ2) is 11.8. The standard InChI is InChI=1S/C27H33FN2O6/c1-27(2,3)36-26(32)30-14-12-29(13-15-30)24-11-10-20(16-23(24)28)35-17-19-8-6-7-9-21(19)22(18-33-4)25(31)34-5/h6-11,16,18H,12-15,17H2,1-5H3/b22-18+. The van der Waals surface area contributed by atoms with Gasteiger partial charge in [0.2, 0.25) is 0 Å². The molecule has 1 fully saturated rings. The Kier molecular flexibility index (Phi) is 8.79. The number of anilines is 1. The van der Waals surface area contributed by atoms with E-state index in [1.54, 1.807) is 29.2 Å². The molecule has 0 radical (unpaired) electrons. The summed E-state index contributed by atoms with van der Waals surface area (Å²) >= 11 is 0. The van der Waals surface area contributed by atoms with Gasteiger partial charge in [-0.1, -0.05) is 24.3 Å². The van der Waals surface area contributed by atoms with Crippen molar-refractivity contribution >= 4 is 23.3 Å². The Labute approximate surface area is 211 Å². The van der Waals surface area contributed by atoms with E-state index in [0.717, 1.165) is 0 Å². The van der Waals surface area contributed by atoms with Crippen LogP contribution in [0.1, 0.15) is 31.9 Å². The first kappa shape index (κ1) is 26.8. The maximum atomic E-state index is 15.0. The number of hydrogen-bond acceptors (Lipinski definition) is 7. The highest BCUT2D eigenvalue weighted by atomic mass is 19.1. The Bertz CT molecular complexity index is 1100. The van der Waals surface area contributed by atoms with Crippen LogP contribution in [0.25, 0.3) is 5.57 Å². The number of carbonyl (C=O) groups is 2. The summed E-state index contributed by atoms with van der Waals surface area (Å²) in [4.78, 5) is 28.0. The lowest BCUT2D eigenvalue weighted by molar-refractivity contribution is -0.133. The largest absolute Gasteiger partial charge is 0.503 e. The highest BCUT2D eigenvalue weighted by Gasteiger charge is 2.27. The van der Waals surface area contributed by atoms with E-state index in [4.69, 9.17) is 18.9 Å². The van der Waals surface area contributed by atoms with Gasteiger partial charge in [-0.2, -0.15) is 0 Å². The molecule has 0 bridgehead atoms. The summed E-state index contributed by atoms with van der Waals surface area (Å²) < 4.78 is 36.1. The first-order valence-corrected chi connectivity index (χ1v) is 11.7. The summed E-state index contributed by atoms with van der Waals surface area (Å²) in [7, 11) is 2.75. The summed E-state index contributed by atoms with van der Waals surface area (Å²) in [6.07, 6.45) is 0.962. The highest BCUT2D eigenvalue weighted by molar-refractivity contribution is 6.16. The van der Waals surface area contributed by atoms with Gasteiger partial charge in [-0.3, -0.25) is 0 Å². The minimum atomic E-state index is -0.558. The molecule has 0 N–H and O–H groups in total. The second-order valence-electron chi connectivity index (χ2n) is 9.27. The number of halogens is 1. The van der Waals surface area contributed by atoms with Crippen LogP contribution in [0.5, 0.6) is 5.75 Å². The van der Waals surface area contributed by atoms with Crippen LogP contribution in [0.2, 0.25) is 0 Å². The Morgan fingerprint density at radius 2 is 1.72 bits per heavy atom. The molecule has 1 saturated heterocycles. The van der Waals surface area contributed by atoms with Crippen LogP contribution in [0.15, 0.2) is 48.7 Å². The molecule has 36 heavy (non-hydrogen) atoms. The Balaban J connectivity index is 1.65. The lowest BCUT2D eigenvalue weighted by Crippen LogP contribution is -2.50. The molecule has 0 atom stereocenters. The second-order valence-corrected chi connectivity index (χ2v) is 9.27. The molecule has 2 aromatic carbocycles. The molecule has 194 valence electrons. The lowest BCUT2D eigenvalue weighted by atomic mass is 10.0. The molecule has 9 heteroatoms. The molecule has 8 nitrogen and oxygen atoms in total. The minimum absolute atomic E-state index is 0.113. The molecular formula is C27H33FN2O6. The van der Waals surface area contributed by atoms with Crippen LogP contribution >= 0.6 is 0 Å². The molecule has 0 saturated carbocycles. The number of esters is 1. The molecule has 1 aliphatic rings. The van der Waals surface area contributed by atoms with Gasteiger partial charge < -0.3 is 28.7 Å². The first-order chi connectivity index (χ1) is 17.1. The number of carbonyl (C=O) groups excluding carboxylic acids is 2. The van der Waals surface area contributed by atoms with Crippen molar-refractivity contribution in [1.82, 2.24) is 4.90 Å². The molecule has 1 heterocycles. The van der Waals surface area contributed by atoms with Crippen LogP contribution in [0.4, 0.5) is 14.9 Å². The number of amides is 1. The topological polar surface area (TPSA) is 77.5 Å². The Morgan fingerprint density at radius 1 is 1.03 bits per heavy atom. The van der Waals surface area contributed by atoms with Crippen molar-refractivity contribution in [3.63, 3.8) is 0 Å². The monoisotopic (exact) mass is 500 g/mol. The molecule has 1 amide bonds. The Hall–Kier alpha value is -3.75. The van der Waals surface area contributed by atoms with E-state index in [1.807, 2.05) is 37.8 Å². The summed E-state index contributed by atoms with van der Waals surface area (Å²) in [6.45, 7) is 7.47. The molecular weight excluding hydrogens is 467 g/mol. The molecule has 3 rings (SSSR count). The number of hydrogen-bond donors (Lipinski definition) is 0. The zero-order valence-corrected chi connectivity index (χ0v) is 21.4. The van der Waals surface area contributed by atoms with Crippen molar-refractivity contribution < 1.29 is 32.9 Å². The van der Waals surface area contributed by atoms with E-state index in [1.165, 1.54) is 26.5 Å². The third-order valence-corrected chi connectivity index (χ3v) is 5.53. The van der Waals surface area contributed by atoms with Crippen molar-refractivity contribution in [2.45, 2.75) is 33.0 Å². The van der Waals surface area contributed by atoms with Crippen molar-refractivity contribution in [3.05, 3.63) is 65.7 Å². The molecule has 0 aromatic heterocycles. The molecule has 0 unspecified atom stereocenters. The number of methoxy groups -OCH3 is 2. The zero-order chi connectivity index (χ0) is 26.3. The summed E-state index contributed by atoms with van der Waals surface area (Å²) in [5, 5.41) is 0. The van der Waals surface area contributed by atoms with E-state index < -0.39 is 17.4 Å². The van der Waals surface area contributed by atoms with E-state index in [-0.39, 0.29) is 18.3 Å². The highest BCUT2D eigenvalue weighted by Crippen LogP contribution is 2.27. The third kappa shape index (κ3) is 6.90. The SMILES string of the molecule is CO/C=C(/C(=O)OC)c1ccccc1COc1ccc(N2CCN(C(=O)OC(C)(C)C)CC2)c(F)c1. The molecule has 1 aliphatic heterocycles. The van der Waals surface area contributed by atoms with Crippen LogP contribution in [-0.4, -0.2) is 63.0 Å². The molecule has 2 aromatic rings. The quantitative estimate of drug-likeness (QED) is 0.312. The van der Waals surface area contributed by atoms with Gasteiger partial charge in [0.25, 0.3) is 0 Å². The van der Waals surface area contributed by atoms with Gasteiger partial charge in [0.15, 0.2) is 0 Å². The maximum absolute atomic E-state index is 15.0. The van der Waals surface area contributed by atoms with E-state index in [2.05, 4.69) is 0 Å². The van der Waals surface area contributed by atoms with Gasteiger partial charge >= 0.3 is 12.1 Å². The predicted molar refractivity (Wildman–Crippen MR) is 134 cm³/mol. The van der Waals surface area contributed by atoms with Crippen molar-refractivity contribution in [3.8, 4) is 5.75 Å². The number of rotatable bonds is 7. The third-order valence-electron chi connectivity index (χ3n) is 5.53. The summed E-state index contributed by atoms with van der Waals surface area (Å²) in [6, 6.07) is 11.9. The van der Waals surface area contributed by atoms with Crippen LogP contribution in [0.3, 0.4) is 0 Å². The van der Waals surface area contributed by atoms with Gasteiger partial charge in [-0.25, -0.2) is 14.0 Å². The fourth-order valence-corrected chi connectivity index (χ4v) is 3.81. The summed E-state index contributed by atoms with van der Waals surface area (Å²) in [5.41, 5.74) is 1.46. The molecule has 0 spiro atoms. The van der Waals surface area contributed by atoms with Crippen molar-refractivity contribution in [2.24, 2.45) is 0 Å². The van der Waals surface area contributed by atoms with Crippen LogP contribution in [0, 0.1) is 5.82 Å². The number of benzene rings is 2. The lowest BCUT2D eigenvalue weighted by Gasteiger charge is -2.36. The number of ether oxygens (including phenoxy) is 4. The number of nitrogens with zero attached hydrogens (tertiary/aromatic N) is 2. The van der Waals surface area contributed by atoms with Crippen LogP contribution in [-0.2, 0) is 25.6 Å². The normalized spacial score (nSPS) is 14.3. The van der Waals surface area contributed by atoms with Gasteiger partial charge in [-0.05, 0) is 44.0 Å². The van der Waals surface area contributed by atoms with Crippen molar-refractivity contribution in [2.75, 3.05) is 45.3 Å². The van der Waals surface area contributed by atoms with Gasteiger partial charge in [0.05, 0.1) is 26.2 Å². The Morgan fingerprint density at radius 3 is 2.33 bits per heavy atom. The predicted octanol–water partition coefficient (Wildman–Crippen LogP) is 4.62. The average Bonchev–Trinajstić information content (AvgIpc) is 2.85. The number of piperazine rings is 1. The van der Waals surface area contributed by atoms with Gasteiger partial charge in [-0.15, -0.1) is 0 Å². The fourth-order valence-electron chi connectivity index (χ4n) is 3.81. The van der Waals surface area contributed by atoms with Crippen molar-refractivity contribution in [1.29, 1.82) is 0 Å². The fraction of sp³-hybridized carbons (Fsp3) is 0.407. The van der Waals surface area contributed by atoms with Gasteiger partial charge in [0.1, 0.15) is 29.3 Å². The minimum Gasteiger partial charge on any atom is -0.503 e. The van der Waals surface area contributed by atoms with Crippen LogP contribution < -0.4 is 9.64 Å². The van der Waals surface area contributed by atoms with E-state index in [0.29, 0.717) is 48.7 Å². The first-order valence-electron chi connectivity index (χ1n) is 11.7. The average molecular weight is 501 g/mol. The smallest absolute Gasteiger partial charge is 0.410 e. The van der Waals surface area contributed by atoms with E-state index in [9.17, 15) is 14.0 Å². The van der Waals surface area contributed by atoms with Gasteiger partial charge in [0, 0.05) is 32.2 Å². The zero-order valence-electron chi connectivity index (χ0n) is 21.4. The van der Waals surface area contributed by atoms with E-state index >= 15 is 0 Å².